The van der Waals surface area contributed by atoms with E-state index in [9.17, 15) is 9.59 Å². The van der Waals surface area contributed by atoms with E-state index in [0.717, 1.165) is 6.42 Å². The van der Waals surface area contributed by atoms with Crippen molar-refractivity contribution in [1.29, 1.82) is 0 Å². The van der Waals surface area contributed by atoms with E-state index < -0.39 is 12.1 Å². The highest BCUT2D eigenvalue weighted by Crippen LogP contribution is 2.26. The molecule has 2 aromatic rings. The summed E-state index contributed by atoms with van der Waals surface area (Å²) in [5.41, 5.74) is 7.50. The van der Waals surface area contributed by atoms with Crippen LogP contribution in [0.2, 0.25) is 5.02 Å². The first-order valence-corrected chi connectivity index (χ1v) is 9.72. The van der Waals surface area contributed by atoms with Crippen molar-refractivity contribution in [2.45, 2.75) is 32.9 Å². The third-order valence-corrected chi connectivity index (χ3v) is 5.80. The zero-order valence-corrected chi connectivity index (χ0v) is 16.3. The summed E-state index contributed by atoms with van der Waals surface area (Å²) in [6.07, 6.45) is 0.00480. The maximum absolute atomic E-state index is 13.0. The Balaban J connectivity index is 1.73. The second kappa shape index (κ2) is 7.68. The molecule has 0 spiro atoms. The number of nitrogens with two attached hydrogens (primary N) is 1. The molecule has 5 nitrogen and oxygen atoms in total. The normalized spacial score (nSPS) is 14.8. The number of hydrogen-bond acceptors (Lipinski definition) is 5. The number of amides is 1. The monoisotopic (exact) mass is 392 g/mol. The van der Waals surface area contributed by atoms with Gasteiger partial charge in [-0.1, -0.05) is 25.4 Å². The quantitative estimate of drug-likeness (QED) is 0.635. The van der Waals surface area contributed by atoms with Crippen molar-refractivity contribution in [3.63, 3.8) is 0 Å². The van der Waals surface area contributed by atoms with Gasteiger partial charge in [-0.15, -0.1) is 11.3 Å². The fourth-order valence-corrected chi connectivity index (χ4v) is 3.95. The largest absolute Gasteiger partial charge is 0.448 e. The number of nitrogens with zero attached hydrogens (tertiary/aromatic N) is 1. The molecule has 0 radical (unpaired) electrons. The minimum Gasteiger partial charge on any atom is -0.448 e. The summed E-state index contributed by atoms with van der Waals surface area (Å²) in [5, 5.41) is 2.42. The Labute approximate surface area is 161 Å². The zero-order chi connectivity index (χ0) is 18.8. The number of esters is 1. The first kappa shape index (κ1) is 18.7. The van der Waals surface area contributed by atoms with Gasteiger partial charge in [0.25, 0.3) is 5.91 Å². The molecule has 0 unspecified atom stereocenters. The summed E-state index contributed by atoms with van der Waals surface area (Å²) >= 11 is 7.61. The summed E-state index contributed by atoms with van der Waals surface area (Å²) in [5.74, 6) is -0.874. The van der Waals surface area contributed by atoms with Gasteiger partial charge in [0.2, 0.25) is 0 Å². The van der Waals surface area contributed by atoms with Gasteiger partial charge in [0.1, 0.15) is 0 Å². The van der Waals surface area contributed by atoms with Crippen molar-refractivity contribution < 1.29 is 14.3 Å². The molecule has 2 N–H and O–H groups in total. The highest BCUT2D eigenvalue weighted by atomic mass is 35.5. The molecule has 1 aliphatic heterocycles. The molecule has 1 atom stereocenters. The van der Waals surface area contributed by atoms with Crippen molar-refractivity contribution in [3.8, 4) is 0 Å². The zero-order valence-electron chi connectivity index (χ0n) is 14.7. The van der Waals surface area contributed by atoms with Gasteiger partial charge in [0, 0.05) is 18.0 Å². The first-order valence-electron chi connectivity index (χ1n) is 8.47. The molecule has 0 bridgehead atoms. The third kappa shape index (κ3) is 3.86. The van der Waals surface area contributed by atoms with E-state index in [2.05, 4.69) is 0 Å². The van der Waals surface area contributed by atoms with Crippen LogP contribution >= 0.6 is 22.9 Å². The van der Waals surface area contributed by atoms with E-state index in [0.29, 0.717) is 23.8 Å². The van der Waals surface area contributed by atoms with Crippen LogP contribution in [-0.2, 0) is 22.5 Å². The predicted octanol–water partition coefficient (Wildman–Crippen LogP) is 3.75. The van der Waals surface area contributed by atoms with Crippen molar-refractivity contribution in [2.24, 2.45) is 5.92 Å². The number of carbonyl (C=O) groups excluding carboxylic acids is 2. The van der Waals surface area contributed by atoms with Crippen LogP contribution in [0.1, 0.15) is 34.6 Å². The van der Waals surface area contributed by atoms with E-state index in [1.807, 2.05) is 25.3 Å². The Hall–Kier alpha value is -2.05. The smallest absolute Gasteiger partial charge is 0.338 e. The lowest BCUT2D eigenvalue weighted by Crippen LogP contribution is -2.45. The lowest BCUT2D eigenvalue weighted by atomic mass is 10.0. The lowest BCUT2D eigenvalue weighted by molar-refractivity contribution is -0.144. The number of hydrogen-bond donors (Lipinski definition) is 1. The number of nitrogen functional groups attached to an aromatic ring is 1. The molecule has 1 aliphatic rings. The van der Waals surface area contributed by atoms with Crippen molar-refractivity contribution in [1.82, 2.24) is 4.90 Å². The Morgan fingerprint density at radius 2 is 2.08 bits per heavy atom. The van der Waals surface area contributed by atoms with Gasteiger partial charge in [0.05, 0.1) is 16.3 Å². The molecule has 0 aliphatic carbocycles. The van der Waals surface area contributed by atoms with Crippen LogP contribution < -0.4 is 5.73 Å². The van der Waals surface area contributed by atoms with E-state index in [-0.39, 0.29) is 17.4 Å². The molecule has 26 heavy (non-hydrogen) atoms. The standard InChI is InChI=1S/C19H21ClN2O3S/c1-11(2)17(25-19(24)12-3-4-14(20)15(21)9-12)18(23)22-7-5-16-13(10-22)6-8-26-16/h3-4,6,8-9,11,17H,5,7,10,21H2,1-2H3/t17-/m1/s1. The molecular formula is C19H21ClN2O3S. The molecule has 0 saturated heterocycles. The molecule has 1 aromatic carbocycles. The van der Waals surface area contributed by atoms with Gasteiger partial charge in [-0.05, 0) is 47.5 Å². The average molecular weight is 393 g/mol. The number of benzene rings is 1. The van der Waals surface area contributed by atoms with Crippen LogP contribution in [0.25, 0.3) is 0 Å². The topological polar surface area (TPSA) is 72.6 Å². The van der Waals surface area contributed by atoms with E-state index in [1.54, 1.807) is 28.4 Å². The Bertz CT molecular complexity index is 834. The maximum atomic E-state index is 13.0. The molecule has 2 heterocycles. The maximum Gasteiger partial charge on any atom is 0.338 e. The van der Waals surface area contributed by atoms with Crippen LogP contribution in [-0.4, -0.2) is 29.4 Å². The molecule has 1 aromatic heterocycles. The highest BCUT2D eigenvalue weighted by Gasteiger charge is 2.33. The number of ether oxygens (including phenoxy) is 1. The Morgan fingerprint density at radius 3 is 2.77 bits per heavy atom. The molecule has 0 saturated carbocycles. The van der Waals surface area contributed by atoms with Gasteiger partial charge >= 0.3 is 5.97 Å². The van der Waals surface area contributed by atoms with Crippen LogP contribution in [0.5, 0.6) is 0 Å². The van der Waals surface area contributed by atoms with Crippen LogP contribution in [0.15, 0.2) is 29.6 Å². The first-order chi connectivity index (χ1) is 12.4. The molecule has 1 amide bonds. The number of thiophene rings is 1. The average Bonchev–Trinajstić information content (AvgIpc) is 3.08. The van der Waals surface area contributed by atoms with Crippen LogP contribution in [0.4, 0.5) is 5.69 Å². The third-order valence-electron chi connectivity index (χ3n) is 4.43. The van der Waals surface area contributed by atoms with Crippen molar-refractivity contribution in [3.05, 3.63) is 50.7 Å². The van der Waals surface area contributed by atoms with Crippen LogP contribution in [0.3, 0.4) is 0 Å². The molecule has 138 valence electrons. The highest BCUT2D eigenvalue weighted by molar-refractivity contribution is 7.10. The van der Waals surface area contributed by atoms with Gasteiger partial charge < -0.3 is 15.4 Å². The SMILES string of the molecule is CC(C)[C@@H](OC(=O)c1ccc(Cl)c(N)c1)C(=O)N1CCc2sccc2C1. The summed E-state index contributed by atoms with van der Waals surface area (Å²) in [6, 6.07) is 6.60. The molecule has 3 rings (SSSR count). The van der Waals surface area contributed by atoms with Gasteiger partial charge in [-0.3, -0.25) is 4.79 Å². The second-order valence-corrected chi connectivity index (χ2v) is 8.09. The fraction of sp³-hybridized carbons (Fsp3) is 0.368. The van der Waals surface area contributed by atoms with E-state index in [4.69, 9.17) is 22.1 Å². The van der Waals surface area contributed by atoms with Crippen molar-refractivity contribution in [2.75, 3.05) is 12.3 Å². The Kier molecular flexibility index (Phi) is 5.53. The number of rotatable bonds is 4. The number of halogens is 1. The molecule has 7 heteroatoms. The van der Waals surface area contributed by atoms with Gasteiger partial charge in [-0.2, -0.15) is 0 Å². The Morgan fingerprint density at radius 1 is 1.31 bits per heavy atom. The summed E-state index contributed by atoms with van der Waals surface area (Å²) in [4.78, 5) is 28.5. The van der Waals surface area contributed by atoms with E-state index in [1.165, 1.54) is 16.5 Å². The molecular weight excluding hydrogens is 372 g/mol. The minimum absolute atomic E-state index is 0.139. The summed E-state index contributed by atoms with van der Waals surface area (Å²) in [6.45, 7) is 4.94. The predicted molar refractivity (Wildman–Crippen MR) is 103 cm³/mol. The lowest BCUT2D eigenvalue weighted by Gasteiger charge is -2.31. The fourth-order valence-electron chi connectivity index (χ4n) is 2.94. The van der Waals surface area contributed by atoms with Gasteiger partial charge in [0.15, 0.2) is 6.10 Å². The van der Waals surface area contributed by atoms with E-state index >= 15 is 0 Å². The van der Waals surface area contributed by atoms with Crippen molar-refractivity contribution >= 4 is 40.5 Å². The summed E-state index contributed by atoms with van der Waals surface area (Å²) < 4.78 is 5.55. The number of carbonyl (C=O) groups is 2. The molecule has 0 fully saturated rings. The number of fused-ring (bicyclic) bond motifs is 1. The second-order valence-electron chi connectivity index (χ2n) is 6.69. The minimum atomic E-state index is -0.834. The van der Waals surface area contributed by atoms with Gasteiger partial charge in [-0.25, -0.2) is 4.79 Å². The van der Waals surface area contributed by atoms with Crippen LogP contribution in [0, 0.1) is 5.92 Å². The number of anilines is 1. The summed E-state index contributed by atoms with van der Waals surface area (Å²) in [7, 11) is 0.